The van der Waals surface area contributed by atoms with E-state index >= 15 is 0 Å². The lowest BCUT2D eigenvalue weighted by atomic mass is 10.0. The molecule has 2 amide bonds. The number of carbonyl (C=O) groups is 2. The second kappa shape index (κ2) is 6.24. The summed E-state index contributed by atoms with van der Waals surface area (Å²) in [7, 11) is 0. The van der Waals surface area contributed by atoms with E-state index in [-0.39, 0.29) is 18.4 Å². The number of aryl methyl sites for hydroxylation is 2. The van der Waals surface area contributed by atoms with Crippen molar-refractivity contribution in [2.75, 3.05) is 16.8 Å². The van der Waals surface area contributed by atoms with Crippen LogP contribution in [0.4, 0.5) is 11.4 Å². The van der Waals surface area contributed by atoms with Gasteiger partial charge in [-0.3, -0.25) is 14.5 Å². The van der Waals surface area contributed by atoms with Crippen LogP contribution in [0, 0.1) is 13.8 Å². The molecule has 2 aromatic carbocycles. The summed E-state index contributed by atoms with van der Waals surface area (Å²) in [4.78, 5) is 26.8. The minimum Gasteiger partial charge on any atom is -0.476 e. The number of hydrogen-bond acceptors (Lipinski definition) is 3. The molecule has 1 N–H and O–H groups in total. The highest BCUT2D eigenvalue weighted by Crippen LogP contribution is 2.38. The van der Waals surface area contributed by atoms with Gasteiger partial charge >= 0.3 is 0 Å². The summed E-state index contributed by atoms with van der Waals surface area (Å²) in [5, 5.41) is 2.85. The zero-order valence-electron chi connectivity index (χ0n) is 14.9. The third-order valence-electron chi connectivity index (χ3n) is 4.13. The Bertz CT molecular complexity index is 843. The van der Waals surface area contributed by atoms with Crippen LogP contribution in [0.25, 0.3) is 0 Å². The third kappa shape index (κ3) is 3.50. The highest BCUT2D eigenvalue weighted by atomic mass is 16.5. The van der Waals surface area contributed by atoms with Crippen LogP contribution >= 0.6 is 0 Å². The van der Waals surface area contributed by atoms with Gasteiger partial charge in [0, 0.05) is 5.69 Å². The molecule has 3 rings (SSSR count). The zero-order chi connectivity index (χ0) is 18.2. The number of nitrogens with one attached hydrogen (secondary N) is 1. The molecule has 1 heterocycles. The minimum absolute atomic E-state index is 0.0595. The lowest BCUT2D eigenvalue weighted by Crippen LogP contribution is -2.54. The summed E-state index contributed by atoms with van der Waals surface area (Å²) in [5.74, 6) is 0.132. The van der Waals surface area contributed by atoms with Crippen molar-refractivity contribution >= 4 is 23.2 Å². The molecule has 0 saturated carbocycles. The Kier molecular flexibility index (Phi) is 4.25. The van der Waals surface area contributed by atoms with Crippen molar-refractivity contribution < 1.29 is 14.3 Å². The monoisotopic (exact) mass is 338 g/mol. The number of benzene rings is 2. The van der Waals surface area contributed by atoms with Gasteiger partial charge in [-0.1, -0.05) is 18.2 Å². The Morgan fingerprint density at radius 3 is 2.56 bits per heavy atom. The van der Waals surface area contributed by atoms with Crippen molar-refractivity contribution in [3.8, 4) is 5.75 Å². The molecule has 2 aromatic rings. The molecule has 0 aliphatic carbocycles. The number of anilines is 2. The molecule has 1 aliphatic rings. The SMILES string of the molecule is Cc1cccc(NC(=O)CN2C(=O)C(C)(C)Oc3ccc(C)cc32)c1. The molecule has 5 heteroatoms. The fraction of sp³-hybridized carbons (Fsp3) is 0.300. The fourth-order valence-electron chi connectivity index (χ4n) is 2.90. The minimum atomic E-state index is -1.01. The predicted octanol–water partition coefficient (Wildman–Crippen LogP) is 3.45. The van der Waals surface area contributed by atoms with Crippen LogP contribution < -0.4 is 15.0 Å². The first-order valence-corrected chi connectivity index (χ1v) is 8.24. The van der Waals surface area contributed by atoms with E-state index in [2.05, 4.69) is 5.32 Å². The van der Waals surface area contributed by atoms with E-state index in [4.69, 9.17) is 4.74 Å². The molecular formula is C20H22N2O3. The van der Waals surface area contributed by atoms with Gasteiger partial charge in [0.1, 0.15) is 12.3 Å². The summed E-state index contributed by atoms with van der Waals surface area (Å²) in [6.45, 7) is 7.27. The molecule has 130 valence electrons. The Morgan fingerprint density at radius 1 is 1.12 bits per heavy atom. The van der Waals surface area contributed by atoms with Gasteiger partial charge in [-0.15, -0.1) is 0 Å². The first kappa shape index (κ1) is 17.0. The van der Waals surface area contributed by atoms with Crippen LogP contribution in [0.5, 0.6) is 5.75 Å². The molecule has 0 bridgehead atoms. The smallest absolute Gasteiger partial charge is 0.271 e. The normalized spacial score (nSPS) is 15.4. The van der Waals surface area contributed by atoms with Gasteiger partial charge in [0.2, 0.25) is 5.91 Å². The molecule has 1 aliphatic heterocycles. The van der Waals surface area contributed by atoms with Crippen LogP contribution in [0.2, 0.25) is 0 Å². The van der Waals surface area contributed by atoms with E-state index in [0.717, 1.165) is 16.8 Å². The summed E-state index contributed by atoms with van der Waals surface area (Å²) in [6.07, 6.45) is 0. The number of carbonyl (C=O) groups excluding carboxylic acids is 2. The Hall–Kier alpha value is -2.82. The van der Waals surface area contributed by atoms with Gasteiger partial charge in [0.25, 0.3) is 5.91 Å². The van der Waals surface area contributed by atoms with Crippen molar-refractivity contribution in [3.63, 3.8) is 0 Å². The highest BCUT2D eigenvalue weighted by molar-refractivity contribution is 6.07. The second-order valence-corrected chi connectivity index (χ2v) is 6.89. The maximum Gasteiger partial charge on any atom is 0.271 e. The van der Waals surface area contributed by atoms with E-state index in [1.165, 1.54) is 4.90 Å². The van der Waals surface area contributed by atoms with Gasteiger partial charge in [0.05, 0.1) is 5.69 Å². The topological polar surface area (TPSA) is 58.6 Å². The standard InChI is InChI=1S/C20H22N2O3/c1-13-6-5-7-15(10-13)21-18(23)12-22-16-11-14(2)8-9-17(16)25-20(3,4)19(22)24/h5-11H,12H2,1-4H3,(H,21,23). The number of nitrogens with zero attached hydrogens (tertiary/aromatic N) is 1. The molecule has 0 atom stereocenters. The molecule has 0 spiro atoms. The van der Waals surface area contributed by atoms with E-state index in [0.29, 0.717) is 11.4 Å². The number of hydrogen-bond donors (Lipinski definition) is 1. The van der Waals surface area contributed by atoms with Crippen molar-refractivity contribution in [2.45, 2.75) is 33.3 Å². The summed E-state index contributed by atoms with van der Waals surface area (Å²) < 4.78 is 5.81. The average molecular weight is 338 g/mol. The van der Waals surface area contributed by atoms with E-state index < -0.39 is 5.60 Å². The van der Waals surface area contributed by atoms with Crippen molar-refractivity contribution in [1.29, 1.82) is 0 Å². The zero-order valence-corrected chi connectivity index (χ0v) is 14.9. The first-order valence-electron chi connectivity index (χ1n) is 8.24. The van der Waals surface area contributed by atoms with Gasteiger partial charge in [-0.05, 0) is 63.1 Å². The summed E-state index contributed by atoms with van der Waals surface area (Å²) >= 11 is 0. The van der Waals surface area contributed by atoms with Crippen LogP contribution in [0.1, 0.15) is 25.0 Å². The van der Waals surface area contributed by atoms with Crippen molar-refractivity contribution in [3.05, 3.63) is 53.6 Å². The van der Waals surface area contributed by atoms with E-state index in [9.17, 15) is 9.59 Å². The fourth-order valence-corrected chi connectivity index (χ4v) is 2.90. The molecule has 0 saturated heterocycles. The second-order valence-electron chi connectivity index (χ2n) is 6.89. The van der Waals surface area contributed by atoms with Crippen LogP contribution in [-0.4, -0.2) is 24.0 Å². The third-order valence-corrected chi connectivity index (χ3v) is 4.13. The maximum absolute atomic E-state index is 12.8. The quantitative estimate of drug-likeness (QED) is 0.932. The van der Waals surface area contributed by atoms with Gasteiger partial charge in [-0.2, -0.15) is 0 Å². The first-order chi connectivity index (χ1) is 11.8. The van der Waals surface area contributed by atoms with Crippen LogP contribution in [0.3, 0.4) is 0 Å². The van der Waals surface area contributed by atoms with Crippen LogP contribution in [-0.2, 0) is 9.59 Å². The Balaban J connectivity index is 1.86. The molecule has 0 aromatic heterocycles. The molecule has 0 unspecified atom stereocenters. The molecular weight excluding hydrogens is 316 g/mol. The maximum atomic E-state index is 12.8. The predicted molar refractivity (Wildman–Crippen MR) is 98.0 cm³/mol. The average Bonchev–Trinajstić information content (AvgIpc) is 2.52. The Labute approximate surface area is 147 Å². The molecule has 25 heavy (non-hydrogen) atoms. The highest BCUT2D eigenvalue weighted by Gasteiger charge is 2.41. The molecule has 5 nitrogen and oxygen atoms in total. The van der Waals surface area contributed by atoms with Crippen molar-refractivity contribution in [2.24, 2.45) is 0 Å². The number of rotatable bonds is 3. The molecule has 0 fully saturated rings. The summed E-state index contributed by atoms with van der Waals surface area (Å²) in [6, 6.07) is 13.2. The summed E-state index contributed by atoms with van der Waals surface area (Å²) in [5.41, 5.74) is 2.39. The van der Waals surface area contributed by atoms with Crippen molar-refractivity contribution in [1.82, 2.24) is 0 Å². The lowest BCUT2D eigenvalue weighted by Gasteiger charge is -2.38. The van der Waals surface area contributed by atoms with Gasteiger partial charge < -0.3 is 10.1 Å². The van der Waals surface area contributed by atoms with Gasteiger partial charge in [0.15, 0.2) is 5.60 Å². The van der Waals surface area contributed by atoms with Crippen LogP contribution in [0.15, 0.2) is 42.5 Å². The number of fused-ring (bicyclic) bond motifs is 1. The van der Waals surface area contributed by atoms with Gasteiger partial charge in [-0.25, -0.2) is 0 Å². The lowest BCUT2D eigenvalue weighted by molar-refractivity contribution is -0.133. The van der Waals surface area contributed by atoms with E-state index in [1.54, 1.807) is 13.8 Å². The number of ether oxygens (including phenoxy) is 1. The van der Waals surface area contributed by atoms with E-state index in [1.807, 2.05) is 56.3 Å². The largest absolute Gasteiger partial charge is 0.476 e. The molecule has 0 radical (unpaired) electrons. The Morgan fingerprint density at radius 2 is 1.84 bits per heavy atom. The number of amides is 2.